The maximum Gasteiger partial charge on any atom is 0.252 e. The van der Waals surface area contributed by atoms with Crippen LogP contribution in [0.2, 0.25) is 0 Å². The van der Waals surface area contributed by atoms with Crippen molar-refractivity contribution in [2.24, 2.45) is 0 Å². The maximum absolute atomic E-state index is 13.2. The van der Waals surface area contributed by atoms with Gasteiger partial charge in [-0.3, -0.25) is 4.79 Å². The Bertz CT molecular complexity index is 1300. The topological polar surface area (TPSA) is 81.9 Å². The van der Waals surface area contributed by atoms with Crippen molar-refractivity contribution in [2.75, 3.05) is 13.2 Å². The number of pyridine rings is 2. The van der Waals surface area contributed by atoms with Gasteiger partial charge in [0.1, 0.15) is 11.6 Å². The first kappa shape index (κ1) is 22.0. The number of halogens is 1. The van der Waals surface area contributed by atoms with Crippen LogP contribution in [0.5, 0.6) is 5.75 Å². The highest BCUT2D eigenvalue weighted by Gasteiger charge is 2.29. The summed E-state index contributed by atoms with van der Waals surface area (Å²) in [5.74, 6) is 1.29. The van der Waals surface area contributed by atoms with Gasteiger partial charge in [-0.2, -0.15) is 9.78 Å². The van der Waals surface area contributed by atoms with Crippen molar-refractivity contribution < 1.29 is 13.9 Å². The molecule has 0 unspecified atom stereocenters. The molecule has 8 heteroatoms. The van der Waals surface area contributed by atoms with Gasteiger partial charge in [-0.25, -0.2) is 14.4 Å². The minimum absolute atomic E-state index is 0.127. The Morgan fingerprint density at radius 2 is 2.00 bits per heavy atom. The summed E-state index contributed by atoms with van der Waals surface area (Å²) in [5, 5.41) is 8.44. The molecule has 0 radical (unpaired) electrons. The summed E-state index contributed by atoms with van der Waals surface area (Å²) in [6.45, 7) is 2.92. The van der Waals surface area contributed by atoms with E-state index < -0.39 is 0 Å². The molecule has 3 heterocycles. The summed E-state index contributed by atoms with van der Waals surface area (Å²) in [7, 11) is 0. The number of carbonyl (C=O) groups excluding carboxylic acids is 1. The van der Waals surface area contributed by atoms with Gasteiger partial charge in [-0.1, -0.05) is 6.07 Å². The summed E-state index contributed by atoms with van der Waals surface area (Å²) in [5.41, 5.74) is 2.95. The lowest BCUT2D eigenvalue weighted by Gasteiger charge is -2.10. The van der Waals surface area contributed by atoms with E-state index in [1.807, 2.05) is 31.2 Å². The molecule has 174 valence electrons. The Balaban J connectivity index is 1.28. The third-order valence-corrected chi connectivity index (χ3v) is 5.88. The molecule has 0 bridgehead atoms. The van der Waals surface area contributed by atoms with E-state index in [0.29, 0.717) is 41.8 Å². The summed E-state index contributed by atoms with van der Waals surface area (Å²) in [6, 6.07) is 13.5. The highest BCUT2D eigenvalue weighted by molar-refractivity contribution is 6.06. The quantitative estimate of drug-likeness (QED) is 0.366. The molecule has 34 heavy (non-hydrogen) atoms. The van der Waals surface area contributed by atoms with E-state index in [1.54, 1.807) is 23.0 Å². The normalized spacial score (nSPS) is 13.2. The largest absolute Gasteiger partial charge is 0.494 e. The van der Waals surface area contributed by atoms with Crippen molar-refractivity contribution in [3.63, 3.8) is 0 Å². The number of hydrogen-bond acceptors (Lipinski definition) is 5. The molecule has 0 atom stereocenters. The standard InChI is InChI=1S/C26H26FN5O2/c1-17-24-21(26(33)29-14-4-5-15-34-20-11-9-19(27)10-12-20)16-22(18-7-8-18)30-25(24)32(31-17)23-6-2-3-13-28-23/h2-3,6,9-13,16,18H,4-5,7-8,14-15H2,1H3,(H,29,33). The zero-order chi connectivity index (χ0) is 23.5. The molecular weight excluding hydrogens is 433 g/mol. The average Bonchev–Trinajstić information content (AvgIpc) is 3.66. The lowest BCUT2D eigenvalue weighted by Crippen LogP contribution is -2.25. The lowest BCUT2D eigenvalue weighted by molar-refractivity contribution is 0.0953. The van der Waals surface area contributed by atoms with Crippen LogP contribution < -0.4 is 10.1 Å². The SMILES string of the molecule is Cc1nn(-c2ccccn2)c2nc(C3CC3)cc(C(=O)NCCCCOc3ccc(F)cc3)c12. The van der Waals surface area contributed by atoms with Crippen LogP contribution in [0.1, 0.15) is 53.3 Å². The van der Waals surface area contributed by atoms with Gasteiger partial charge in [0.25, 0.3) is 5.91 Å². The molecule has 3 aromatic heterocycles. The highest BCUT2D eigenvalue weighted by Crippen LogP contribution is 2.40. The van der Waals surface area contributed by atoms with Gasteiger partial charge in [-0.15, -0.1) is 0 Å². The van der Waals surface area contributed by atoms with Crippen LogP contribution in [0.25, 0.3) is 16.9 Å². The van der Waals surface area contributed by atoms with E-state index in [9.17, 15) is 9.18 Å². The Morgan fingerprint density at radius 3 is 2.74 bits per heavy atom. The number of hydrogen-bond donors (Lipinski definition) is 1. The Hall–Kier alpha value is -3.81. The van der Waals surface area contributed by atoms with Gasteiger partial charge in [-0.05, 0) is 75.1 Å². The van der Waals surface area contributed by atoms with E-state index in [-0.39, 0.29) is 11.7 Å². The number of fused-ring (bicyclic) bond motifs is 1. The first-order chi connectivity index (χ1) is 16.6. The third kappa shape index (κ3) is 4.76. The number of ether oxygens (including phenoxy) is 1. The van der Waals surface area contributed by atoms with Crippen molar-refractivity contribution in [1.29, 1.82) is 0 Å². The molecule has 1 saturated carbocycles. The number of benzene rings is 1. The minimum Gasteiger partial charge on any atom is -0.494 e. The molecule has 1 aromatic carbocycles. The van der Waals surface area contributed by atoms with E-state index in [2.05, 4.69) is 15.4 Å². The van der Waals surface area contributed by atoms with Gasteiger partial charge >= 0.3 is 0 Å². The Labute approximate surface area is 197 Å². The molecule has 0 saturated heterocycles. The van der Waals surface area contributed by atoms with Crippen LogP contribution in [0.4, 0.5) is 4.39 Å². The van der Waals surface area contributed by atoms with Gasteiger partial charge in [0.05, 0.1) is 23.3 Å². The van der Waals surface area contributed by atoms with Crippen LogP contribution in [-0.4, -0.2) is 38.8 Å². The van der Waals surface area contributed by atoms with E-state index in [4.69, 9.17) is 9.72 Å². The zero-order valence-electron chi connectivity index (χ0n) is 19.0. The number of rotatable bonds is 9. The van der Waals surface area contributed by atoms with Gasteiger partial charge in [0, 0.05) is 24.4 Å². The van der Waals surface area contributed by atoms with Crippen LogP contribution in [-0.2, 0) is 0 Å². The Morgan fingerprint density at radius 1 is 1.18 bits per heavy atom. The monoisotopic (exact) mass is 459 g/mol. The van der Waals surface area contributed by atoms with Crippen LogP contribution in [0.15, 0.2) is 54.7 Å². The molecule has 1 amide bonds. The second-order valence-electron chi connectivity index (χ2n) is 8.52. The number of nitrogens with zero attached hydrogens (tertiary/aromatic N) is 4. The smallest absolute Gasteiger partial charge is 0.252 e. The average molecular weight is 460 g/mol. The fourth-order valence-corrected chi connectivity index (χ4v) is 3.96. The van der Waals surface area contributed by atoms with Crippen LogP contribution in [0, 0.1) is 12.7 Å². The molecule has 0 spiro atoms. The van der Waals surface area contributed by atoms with Crippen LogP contribution in [0.3, 0.4) is 0 Å². The van der Waals surface area contributed by atoms with Crippen LogP contribution >= 0.6 is 0 Å². The van der Waals surface area contributed by atoms with E-state index >= 15 is 0 Å². The number of nitrogens with one attached hydrogen (secondary N) is 1. The number of aromatic nitrogens is 4. The second-order valence-corrected chi connectivity index (χ2v) is 8.52. The lowest BCUT2D eigenvalue weighted by atomic mass is 10.1. The summed E-state index contributed by atoms with van der Waals surface area (Å²) >= 11 is 0. The second kappa shape index (κ2) is 9.59. The van der Waals surface area contributed by atoms with Gasteiger partial charge in [0.15, 0.2) is 11.5 Å². The van der Waals surface area contributed by atoms with Crippen molar-refractivity contribution in [3.8, 4) is 11.6 Å². The Kier molecular flexibility index (Phi) is 6.20. The van der Waals surface area contributed by atoms with Crippen molar-refractivity contribution in [1.82, 2.24) is 25.1 Å². The number of carbonyl (C=O) groups is 1. The molecule has 4 aromatic rings. The summed E-state index contributed by atoms with van der Waals surface area (Å²) < 4.78 is 20.3. The number of unbranched alkanes of at least 4 members (excludes halogenated alkanes) is 1. The molecule has 5 rings (SSSR count). The van der Waals surface area contributed by atoms with Gasteiger partial charge < -0.3 is 10.1 Å². The first-order valence-corrected chi connectivity index (χ1v) is 11.6. The molecule has 1 fully saturated rings. The maximum atomic E-state index is 13.2. The summed E-state index contributed by atoms with van der Waals surface area (Å²) in [4.78, 5) is 22.5. The fraction of sp³-hybridized carbons (Fsp3) is 0.308. The molecule has 1 N–H and O–H groups in total. The first-order valence-electron chi connectivity index (χ1n) is 11.6. The molecule has 1 aliphatic carbocycles. The molecular formula is C26H26FN5O2. The van der Waals surface area contributed by atoms with E-state index in [0.717, 1.165) is 42.5 Å². The van der Waals surface area contributed by atoms with Gasteiger partial charge in [0.2, 0.25) is 0 Å². The van der Waals surface area contributed by atoms with Crippen molar-refractivity contribution in [2.45, 2.75) is 38.5 Å². The number of aryl methyl sites for hydroxylation is 1. The highest BCUT2D eigenvalue weighted by atomic mass is 19.1. The number of amides is 1. The fourth-order valence-electron chi connectivity index (χ4n) is 3.96. The summed E-state index contributed by atoms with van der Waals surface area (Å²) in [6.07, 6.45) is 5.43. The zero-order valence-corrected chi connectivity index (χ0v) is 19.0. The minimum atomic E-state index is -0.286. The van der Waals surface area contributed by atoms with Crippen molar-refractivity contribution >= 4 is 16.9 Å². The molecule has 0 aliphatic heterocycles. The molecule has 1 aliphatic rings. The molecule has 7 nitrogen and oxygen atoms in total. The predicted octanol–water partition coefficient (Wildman–Crippen LogP) is 4.73. The van der Waals surface area contributed by atoms with Crippen molar-refractivity contribution in [3.05, 3.63) is 77.5 Å². The van der Waals surface area contributed by atoms with E-state index in [1.165, 1.54) is 12.1 Å². The third-order valence-electron chi connectivity index (χ3n) is 5.88. The predicted molar refractivity (Wildman–Crippen MR) is 127 cm³/mol.